The summed E-state index contributed by atoms with van der Waals surface area (Å²) in [4.78, 5) is 0. The van der Waals surface area contributed by atoms with E-state index in [1.54, 1.807) is 25.3 Å². The molecule has 0 aliphatic carbocycles. The number of ether oxygens (including phenoxy) is 1. The summed E-state index contributed by atoms with van der Waals surface area (Å²) < 4.78 is 6.03. The first-order chi connectivity index (χ1) is 9.02. The highest BCUT2D eigenvalue weighted by molar-refractivity contribution is 9.10. The van der Waals surface area contributed by atoms with E-state index in [0.717, 1.165) is 15.6 Å². The molecule has 0 bridgehead atoms. The largest absolute Gasteiger partial charge is 0.497 e. The molecule has 0 fully saturated rings. The molecule has 0 spiro atoms. The Morgan fingerprint density at radius 2 is 1.89 bits per heavy atom. The predicted octanol–water partition coefficient (Wildman–Crippen LogP) is 4.50. The molecule has 1 N–H and O–H groups in total. The van der Waals surface area contributed by atoms with Gasteiger partial charge in [0.15, 0.2) is 0 Å². The Labute approximate surface area is 126 Å². The molecule has 2 aromatic rings. The third-order valence-electron chi connectivity index (χ3n) is 3.04. The molecule has 2 nitrogen and oxygen atoms in total. The van der Waals surface area contributed by atoms with Crippen LogP contribution in [-0.4, -0.2) is 12.2 Å². The maximum Gasteiger partial charge on any atom is 0.120 e. The second-order valence-corrected chi connectivity index (χ2v) is 5.61. The van der Waals surface area contributed by atoms with Gasteiger partial charge in [-0.1, -0.05) is 39.7 Å². The van der Waals surface area contributed by atoms with Crippen LogP contribution in [0.15, 0.2) is 40.9 Å². The molecule has 0 radical (unpaired) electrons. The topological polar surface area (TPSA) is 29.5 Å². The average molecular weight is 342 g/mol. The van der Waals surface area contributed by atoms with Crippen molar-refractivity contribution in [2.24, 2.45) is 0 Å². The van der Waals surface area contributed by atoms with E-state index in [9.17, 15) is 5.11 Å². The van der Waals surface area contributed by atoms with Crippen LogP contribution in [0.2, 0.25) is 5.02 Å². The van der Waals surface area contributed by atoms with Crippen molar-refractivity contribution in [1.29, 1.82) is 0 Å². The number of methoxy groups -OCH3 is 1. The van der Waals surface area contributed by atoms with Crippen molar-refractivity contribution >= 4 is 27.5 Å². The van der Waals surface area contributed by atoms with Crippen LogP contribution in [0.3, 0.4) is 0 Å². The summed E-state index contributed by atoms with van der Waals surface area (Å²) in [6.45, 7) is 1.96. The lowest BCUT2D eigenvalue weighted by atomic mass is 9.97. The highest BCUT2D eigenvalue weighted by Gasteiger charge is 2.16. The Kier molecular flexibility index (Phi) is 4.50. The van der Waals surface area contributed by atoms with Gasteiger partial charge in [-0.05, 0) is 42.3 Å². The molecule has 100 valence electrons. The van der Waals surface area contributed by atoms with Gasteiger partial charge in [0, 0.05) is 10.0 Å². The minimum atomic E-state index is -0.754. The van der Waals surface area contributed by atoms with Gasteiger partial charge < -0.3 is 9.84 Å². The normalized spacial score (nSPS) is 12.3. The van der Waals surface area contributed by atoms with Crippen molar-refractivity contribution in [2.75, 3.05) is 7.11 Å². The van der Waals surface area contributed by atoms with Gasteiger partial charge in [0.1, 0.15) is 11.9 Å². The van der Waals surface area contributed by atoms with Crippen LogP contribution in [0.25, 0.3) is 0 Å². The van der Waals surface area contributed by atoms with Crippen molar-refractivity contribution in [3.63, 3.8) is 0 Å². The van der Waals surface area contributed by atoms with Crippen LogP contribution in [0.5, 0.6) is 5.75 Å². The van der Waals surface area contributed by atoms with Crippen molar-refractivity contribution in [1.82, 2.24) is 0 Å². The molecule has 0 heterocycles. The summed E-state index contributed by atoms with van der Waals surface area (Å²) in [6, 6.07) is 11.1. The standard InChI is InChI=1S/C15H14BrClO2/c1-9-3-4-10(16)7-13(9)15(18)12-6-5-11(19-2)8-14(12)17/h3-8,15,18H,1-2H3. The number of hydrogen-bond acceptors (Lipinski definition) is 2. The van der Waals surface area contributed by atoms with E-state index in [4.69, 9.17) is 16.3 Å². The number of halogens is 2. The molecule has 19 heavy (non-hydrogen) atoms. The van der Waals surface area contributed by atoms with Gasteiger partial charge in [0.05, 0.1) is 12.1 Å². The third-order valence-corrected chi connectivity index (χ3v) is 3.86. The number of hydrogen-bond donors (Lipinski definition) is 1. The van der Waals surface area contributed by atoms with Crippen LogP contribution < -0.4 is 4.74 Å². The van der Waals surface area contributed by atoms with Crippen LogP contribution in [-0.2, 0) is 0 Å². The molecule has 1 unspecified atom stereocenters. The molecular weight excluding hydrogens is 328 g/mol. The molecule has 0 aromatic heterocycles. The summed E-state index contributed by atoms with van der Waals surface area (Å²) in [7, 11) is 1.58. The number of aliphatic hydroxyl groups is 1. The smallest absolute Gasteiger partial charge is 0.120 e. The van der Waals surface area contributed by atoms with E-state index in [1.165, 1.54) is 0 Å². The summed E-state index contributed by atoms with van der Waals surface area (Å²) in [6.07, 6.45) is -0.754. The van der Waals surface area contributed by atoms with Gasteiger partial charge in [-0.3, -0.25) is 0 Å². The van der Waals surface area contributed by atoms with E-state index in [1.807, 2.05) is 25.1 Å². The van der Waals surface area contributed by atoms with Gasteiger partial charge in [0.2, 0.25) is 0 Å². The van der Waals surface area contributed by atoms with Gasteiger partial charge >= 0.3 is 0 Å². The zero-order valence-corrected chi connectivity index (χ0v) is 13.0. The lowest BCUT2D eigenvalue weighted by Gasteiger charge is -2.16. The zero-order chi connectivity index (χ0) is 14.0. The molecule has 0 saturated heterocycles. The Morgan fingerprint density at radius 1 is 1.16 bits per heavy atom. The van der Waals surface area contributed by atoms with Gasteiger partial charge in [0.25, 0.3) is 0 Å². The van der Waals surface area contributed by atoms with Gasteiger partial charge in [-0.15, -0.1) is 0 Å². The van der Waals surface area contributed by atoms with E-state index in [2.05, 4.69) is 15.9 Å². The molecular formula is C15H14BrClO2. The fourth-order valence-corrected chi connectivity index (χ4v) is 2.58. The Balaban J connectivity index is 2.43. The molecule has 2 rings (SSSR count). The highest BCUT2D eigenvalue weighted by atomic mass is 79.9. The van der Waals surface area contributed by atoms with E-state index in [0.29, 0.717) is 16.3 Å². The van der Waals surface area contributed by atoms with Gasteiger partial charge in [-0.2, -0.15) is 0 Å². The van der Waals surface area contributed by atoms with Crippen LogP contribution >= 0.6 is 27.5 Å². The lowest BCUT2D eigenvalue weighted by molar-refractivity contribution is 0.219. The van der Waals surface area contributed by atoms with E-state index < -0.39 is 6.10 Å². The minimum Gasteiger partial charge on any atom is -0.497 e. The Bertz CT molecular complexity index is 599. The monoisotopic (exact) mass is 340 g/mol. The molecule has 0 aliphatic heterocycles. The number of benzene rings is 2. The van der Waals surface area contributed by atoms with Crippen LogP contribution in [0.4, 0.5) is 0 Å². The van der Waals surface area contributed by atoms with Gasteiger partial charge in [-0.25, -0.2) is 0 Å². The fourth-order valence-electron chi connectivity index (χ4n) is 1.93. The Morgan fingerprint density at radius 3 is 2.53 bits per heavy atom. The first-order valence-electron chi connectivity index (χ1n) is 5.80. The maximum atomic E-state index is 10.5. The average Bonchev–Trinajstić information content (AvgIpc) is 2.40. The molecule has 4 heteroatoms. The van der Waals surface area contributed by atoms with Crippen molar-refractivity contribution in [2.45, 2.75) is 13.0 Å². The summed E-state index contributed by atoms with van der Waals surface area (Å²) >= 11 is 9.61. The molecule has 0 aliphatic rings. The van der Waals surface area contributed by atoms with Crippen LogP contribution in [0.1, 0.15) is 22.8 Å². The minimum absolute atomic E-state index is 0.492. The van der Waals surface area contributed by atoms with Crippen LogP contribution in [0, 0.1) is 6.92 Å². The van der Waals surface area contributed by atoms with E-state index >= 15 is 0 Å². The third kappa shape index (κ3) is 3.11. The van der Waals surface area contributed by atoms with Crippen molar-refractivity contribution in [3.05, 3.63) is 62.6 Å². The Hall–Kier alpha value is -1.03. The second kappa shape index (κ2) is 5.95. The lowest BCUT2D eigenvalue weighted by Crippen LogP contribution is -2.03. The second-order valence-electron chi connectivity index (χ2n) is 4.29. The maximum absolute atomic E-state index is 10.5. The first-order valence-corrected chi connectivity index (χ1v) is 6.97. The zero-order valence-electron chi connectivity index (χ0n) is 10.7. The summed E-state index contributed by atoms with van der Waals surface area (Å²) in [5.41, 5.74) is 2.52. The summed E-state index contributed by atoms with van der Waals surface area (Å²) in [5, 5.41) is 11.0. The molecule has 0 saturated carbocycles. The molecule has 2 aromatic carbocycles. The van der Waals surface area contributed by atoms with E-state index in [-0.39, 0.29) is 0 Å². The predicted molar refractivity (Wildman–Crippen MR) is 80.9 cm³/mol. The SMILES string of the molecule is COc1ccc(C(O)c2cc(Br)ccc2C)c(Cl)c1. The number of aryl methyl sites for hydroxylation is 1. The number of rotatable bonds is 3. The number of aliphatic hydroxyl groups excluding tert-OH is 1. The fraction of sp³-hybridized carbons (Fsp3) is 0.200. The highest BCUT2D eigenvalue weighted by Crippen LogP contribution is 2.33. The van der Waals surface area contributed by atoms with Crippen molar-refractivity contribution < 1.29 is 9.84 Å². The quantitative estimate of drug-likeness (QED) is 0.890. The molecule has 1 atom stereocenters. The first kappa shape index (κ1) is 14.4. The van der Waals surface area contributed by atoms with Crippen molar-refractivity contribution in [3.8, 4) is 5.75 Å². The summed E-state index contributed by atoms with van der Waals surface area (Å²) in [5.74, 6) is 0.673. The molecule has 0 amide bonds.